The maximum atomic E-state index is 13.3. The molecule has 0 radical (unpaired) electrons. The number of nitrogens with zero attached hydrogens (tertiary/aromatic N) is 1. The van der Waals surface area contributed by atoms with Crippen molar-refractivity contribution in [3.63, 3.8) is 0 Å². The Morgan fingerprint density at radius 3 is 2.19 bits per heavy atom. The smallest absolute Gasteiger partial charge is 0.315 e. The predicted octanol–water partition coefficient (Wildman–Crippen LogP) is 9.06. The van der Waals surface area contributed by atoms with Crippen LogP contribution in [0.2, 0.25) is 0 Å². The van der Waals surface area contributed by atoms with Crippen LogP contribution in [0.15, 0.2) is 72.8 Å². The summed E-state index contributed by atoms with van der Waals surface area (Å²) in [5, 5.41) is 16.4. The lowest BCUT2D eigenvalue weighted by molar-refractivity contribution is -0.253. The summed E-state index contributed by atoms with van der Waals surface area (Å²) in [6.45, 7) is 9.92. The number of amides is 2. The Balaban J connectivity index is 0.893. The van der Waals surface area contributed by atoms with Gasteiger partial charge in [-0.2, -0.15) is 0 Å². The Morgan fingerprint density at radius 1 is 0.811 bits per heavy atom. The third-order valence-corrected chi connectivity index (χ3v) is 13.9. The highest BCUT2D eigenvalue weighted by atomic mass is 16.7. The van der Waals surface area contributed by atoms with Gasteiger partial charge >= 0.3 is 6.03 Å². The van der Waals surface area contributed by atoms with Crippen molar-refractivity contribution in [3.05, 3.63) is 95.1 Å². The van der Waals surface area contributed by atoms with Gasteiger partial charge in [-0.15, -0.1) is 0 Å². The van der Waals surface area contributed by atoms with Crippen LogP contribution < -0.4 is 10.6 Å². The lowest BCUT2D eigenvalue weighted by Crippen LogP contribution is -2.61. The third kappa shape index (κ3) is 7.44. The van der Waals surface area contributed by atoms with E-state index in [2.05, 4.69) is 97.0 Å². The van der Waals surface area contributed by atoms with Gasteiger partial charge in [0.15, 0.2) is 6.29 Å². The van der Waals surface area contributed by atoms with Crippen LogP contribution in [-0.2, 0) is 22.6 Å². The van der Waals surface area contributed by atoms with Gasteiger partial charge in [0.25, 0.3) is 0 Å². The summed E-state index contributed by atoms with van der Waals surface area (Å²) in [5.74, 6) is 2.39. The molecule has 3 N–H and O–H groups in total. The number of nitrogens with one attached hydrogen (secondary N) is 2. The van der Waals surface area contributed by atoms with Gasteiger partial charge in [0.2, 0.25) is 0 Å². The first-order valence-electron chi connectivity index (χ1n) is 20.5. The van der Waals surface area contributed by atoms with Crippen LogP contribution >= 0.6 is 0 Å². The highest BCUT2D eigenvalue weighted by molar-refractivity contribution is 5.76. The quantitative estimate of drug-likeness (QED) is 0.206. The topological polar surface area (TPSA) is 83.1 Å². The number of aliphatic hydroxyl groups excluding tert-OH is 1. The summed E-state index contributed by atoms with van der Waals surface area (Å²) >= 11 is 0. The molecule has 2 aliphatic heterocycles. The number of carbonyl (C=O) groups excluding carboxylic acids is 1. The van der Waals surface area contributed by atoms with E-state index in [-0.39, 0.29) is 30.4 Å². The maximum Gasteiger partial charge on any atom is 0.315 e. The molecule has 282 valence electrons. The lowest BCUT2D eigenvalue weighted by Gasteiger charge is -2.56. The number of fused-ring (bicyclic) bond motifs is 2. The molecule has 7 fully saturated rings. The van der Waals surface area contributed by atoms with Crippen LogP contribution in [0.1, 0.15) is 120 Å². The zero-order valence-corrected chi connectivity index (χ0v) is 32.0. The molecule has 53 heavy (non-hydrogen) atoms. The number of rotatable bonds is 9. The fourth-order valence-electron chi connectivity index (χ4n) is 12.6. The fourth-order valence-corrected chi connectivity index (χ4v) is 12.6. The minimum absolute atomic E-state index is 0.000818. The van der Waals surface area contributed by atoms with Gasteiger partial charge in [-0.1, -0.05) is 93.6 Å². The van der Waals surface area contributed by atoms with E-state index in [0.29, 0.717) is 23.4 Å². The van der Waals surface area contributed by atoms with Crippen LogP contribution in [0.25, 0.3) is 11.1 Å². The van der Waals surface area contributed by atoms with Crippen molar-refractivity contribution in [1.29, 1.82) is 0 Å². The molecule has 7 aliphatic rings. The summed E-state index contributed by atoms with van der Waals surface area (Å²) in [6.07, 6.45) is 11.6. The second kappa shape index (κ2) is 13.8. The average molecular weight is 718 g/mol. The molecule has 3 aromatic carbocycles. The summed E-state index contributed by atoms with van der Waals surface area (Å²) in [6, 6.07) is 25.8. The Morgan fingerprint density at radius 2 is 1.49 bits per heavy atom. The van der Waals surface area contributed by atoms with Gasteiger partial charge in [0.1, 0.15) is 0 Å². The minimum Gasteiger partial charge on any atom is -0.392 e. The Labute approximate surface area is 316 Å². The molecule has 0 spiro atoms. The first-order chi connectivity index (χ1) is 25.5. The van der Waals surface area contributed by atoms with Crippen LogP contribution in [0, 0.1) is 28.6 Å². The normalized spacial score (nSPS) is 35.7. The fraction of sp³-hybridized carbons (Fsp3) is 0.587. The summed E-state index contributed by atoms with van der Waals surface area (Å²) in [4.78, 5) is 16.0. The van der Waals surface area contributed by atoms with Gasteiger partial charge in [-0.05, 0) is 114 Å². The first-order valence-corrected chi connectivity index (χ1v) is 20.5. The molecule has 5 saturated carbocycles. The summed E-state index contributed by atoms with van der Waals surface area (Å²) in [7, 11) is 0. The van der Waals surface area contributed by atoms with Crippen LogP contribution in [0.5, 0.6) is 0 Å². The average Bonchev–Trinajstić information content (AvgIpc) is 3.36. The molecule has 7 heteroatoms. The van der Waals surface area contributed by atoms with Crippen molar-refractivity contribution >= 4 is 6.03 Å². The molecule has 2 amide bonds. The molecule has 7 nitrogen and oxygen atoms in total. The van der Waals surface area contributed by atoms with Crippen molar-refractivity contribution in [2.24, 2.45) is 28.6 Å². The number of ether oxygens (including phenoxy) is 2. The van der Waals surface area contributed by atoms with Crippen molar-refractivity contribution in [3.8, 4) is 11.1 Å². The van der Waals surface area contributed by atoms with E-state index >= 15 is 0 Å². The van der Waals surface area contributed by atoms with Crippen LogP contribution in [0.4, 0.5) is 4.79 Å². The second-order valence-corrected chi connectivity index (χ2v) is 19.3. The number of hydrogen-bond donors (Lipinski definition) is 3. The van der Waals surface area contributed by atoms with Gasteiger partial charge in [0.05, 0.1) is 18.8 Å². The molecule has 5 atom stereocenters. The number of hydrogen-bond acceptors (Lipinski definition) is 5. The molecule has 3 aromatic rings. The Hall–Kier alpha value is -3.23. The molecule has 2 saturated heterocycles. The van der Waals surface area contributed by atoms with Gasteiger partial charge < -0.3 is 25.2 Å². The van der Waals surface area contributed by atoms with E-state index in [1.807, 2.05) is 12.1 Å². The van der Waals surface area contributed by atoms with E-state index in [1.165, 1.54) is 38.5 Å². The molecular weight excluding hydrogens is 659 g/mol. The van der Waals surface area contributed by atoms with E-state index in [4.69, 9.17) is 9.47 Å². The zero-order valence-electron chi connectivity index (χ0n) is 32.0. The molecule has 6 bridgehead atoms. The molecule has 2 heterocycles. The first kappa shape index (κ1) is 35.5. The Kier molecular flexibility index (Phi) is 9.24. The largest absolute Gasteiger partial charge is 0.392 e. The SMILES string of the molecule is CC1(C)CC2CC(C)(CN2C[C@H]2C[C@@H](c3ccc(CO)cc3)O[C@@H](c3ccc(-c4ccccc4CNC(=O)NC45CC6CC(CC(C6)C4)C5)cc3)O2)C1. The Bertz CT molecular complexity index is 1750. The van der Waals surface area contributed by atoms with Gasteiger partial charge in [-0.25, -0.2) is 4.79 Å². The minimum atomic E-state index is -0.482. The summed E-state index contributed by atoms with van der Waals surface area (Å²) < 4.78 is 13.6. The zero-order chi connectivity index (χ0) is 36.4. The van der Waals surface area contributed by atoms with E-state index in [9.17, 15) is 9.90 Å². The van der Waals surface area contributed by atoms with Crippen molar-refractivity contribution in [2.75, 3.05) is 13.1 Å². The van der Waals surface area contributed by atoms with Crippen molar-refractivity contribution < 1.29 is 19.4 Å². The molecule has 10 rings (SSSR count). The van der Waals surface area contributed by atoms with Crippen LogP contribution in [0.3, 0.4) is 0 Å². The van der Waals surface area contributed by atoms with E-state index < -0.39 is 6.29 Å². The third-order valence-electron chi connectivity index (χ3n) is 13.9. The maximum absolute atomic E-state index is 13.3. The number of benzene rings is 3. The predicted molar refractivity (Wildman–Crippen MR) is 208 cm³/mol. The van der Waals surface area contributed by atoms with Gasteiger partial charge in [0, 0.05) is 43.2 Å². The van der Waals surface area contributed by atoms with E-state index in [0.717, 1.165) is 89.9 Å². The highest BCUT2D eigenvalue weighted by Gasteiger charge is 2.52. The number of aliphatic hydroxyl groups is 1. The number of likely N-dealkylation sites (tertiary alicyclic amines) is 1. The lowest BCUT2D eigenvalue weighted by atomic mass is 9.53. The number of urea groups is 1. The number of carbonyl (C=O) groups is 1. The molecule has 0 aromatic heterocycles. The molecular formula is C46H59N3O4. The van der Waals surface area contributed by atoms with Crippen molar-refractivity contribution in [1.82, 2.24) is 15.5 Å². The van der Waals surface area contributed by atoms with Crippen LogP contribution in [-0.4, -0.2) is 46.8 Å². The second-order valence-electron chi connectivity index (χ2n) is 19.3. The standard InChI is InChI=1S/C46H59N3O4/c1-44(2)23-38-24-45(3,28-44)29-49(38)26-39-19-41(35-10-8-30(27-50)9-11-35)53-42(52-39)36-14-12-34(13-15-36)40-7-5-4-6-37(40)25-47-43(51)48-46-20-31-16-32(21-46)18-33(17-31)22-46/h4-15,31-33,38-39,41-42,50H,16-29H2,1-3H3,(H2,47,48,51)/t31?,32?,33?,38?,39-,41+,42+,45?,46?/m1/s1. The highest BCUT2D eigenvalue weighted by Crippen LogP contribution is 2.56. The van der Waals surface area contributed by atoms with E-state index in [1.54, 1.807) is 0 Å². The monoisotopic (exact) mass is 717 g/mol. The van der Waals surface area contributed by atoms with Gasteiger partial charge in [-0.3, -0.25) is 4.90 Å². The molecule has 5 aliphatic carbocycles. The molecule has 2 unspecified atom stereocenters. The van der Waals surface area contributed by atoms with Crippen molar-refractivity contribution in [2.45, 2.75) is 128 Å². The summed E-state index contributed by atoms with van der Waals surface area (Å²) in [5.41, 5.74) is 7.12.